The van der Waals surface area contributed by atoms with E-state index in [4.69, 9.17) is 0 Å². The standard InChI is InChI=1S/C22H27N5O2/c28-21(9-15-26-13-7-17-4-1-2-6-20(17)26)27-12-3-5-18(8-14-27)25-22(29)19-16-23-10-11-24-19/h1-2,4,6,10-11,16,18H,3,5,7-9,12-15H2,(H,25,29)/t18-/m1/s1. The first-order valence-electron chi connectivity index (χ1n) is 10.4. The molecule has 1 aromatic heterocycles. The smallest absolute Gasteiger partial charge is 0.271 e. The van der Waals surface area contributed by atoms with Gasteiger partial charge in [-0.05, 0) is 37.3 Å². The Morgan fingerprint density at radius 3 is 2.86 bits per heavy atom. The summed E-state index contributed by atoms with van der Waals surface area (Å²) in [6.45, 7) is 3.19. The third-order valence-electron chi connectivity index (χ3n) is 5.79. The number of hydrogen-bond acceptors (Lipinski definition) is 5. The fraction of sp³-hybridized carbons (Fsp3) is 0.455. The van der Waals surface area contributed by atoms with Crippen molar-refractivity contribution in [2.45, 2.75) is 38.1 Å². The molecule has 152 valence electrons. The summed E-state index contributed by atoms with van der Waals surface area (Å²) < 4.78 is 0. The number of amides is 2. The second kappa shape index (κ2) is 9.03. The number of nitrogens with one attached hydrogen (secondary N) is 1. The van der Waals surface area contributed by atoms with Gasteiger partial charge in [0, 0.05) is 56.7 Å². The number of aromatic nitrogens is 2. The van der Waals surface area contributed by atoms with Crippen LogP contribution in [0.4, 0.5) is 5.69 Å². The molecule has 0 radical (unpaired) electrons. The van der Waals surface area contributed by atoms with E-state index in [0.29, 0.717) is 18.7 Å². The van der Waals surface area contributed by atoms with E-state index in [-0.39, 0.29) is 17.9 Å². The molecule has 1 N–H and O–H groups in total. The maximum Gasteiger partial charge on any atom is 0.271 e. The molecule has 1 fully saturated rings. The lowest BCUT2D eigenvalue weighted by molar-refractivity contribution is -0.130. The highest BCUT2D eigenvalue weighted by Gasteiger charge is 2.24. The predicted octanol–water partition coefficient (Wildman–Crippen LogP) is 2.04. The quantitative estimate of drug-likeness (QED) is 0.841. The molecule has 0 unspecified atom stereocenters. The Balaban J connectivity index is 1.25. The Kier molecular flexibility index (Phi) is 6.03. The van der Waals surface area contributed by atoms with Gasteiger partial charge in [-0.3, -0.25) is 14.6 Å². The van der Waals surface area contributed by atoms with Crippen LogP contribution in [-0.2, 0) is 11.2 Å². The van der Waals surface area contributed by atoms with Gasteiger partial charge in [0.2, 0.25) is 5.91 Å². The molecule has 1 atom stereocenters. The van der Waals surface area contributed by atoms with Crippen molar-refractivity contribution in [1.82, 2.24) is 20.2 Å². The SMILES string of the molecule is O=C(N[C@@H]1CCCN(C(=O)CCN2CCc3ccccc32)CC1)c1cnccn1. The van der Waals surface area contributed by atoms with E-state index >= 15 is 0 Å². The molecule has 7 heteroatoms. The average molecular weight is 393 g/mol. The lowest BCUT2D eigenvalue weighted by atomic mass is 10.1. The number of nitrogens with zero attached hydrogens (tertiary/aromatic N) is 4. The number of fused-ring (bicyclic) bond motifs is 1. The van der Waals surface area contributed by atoms with Crippen LogP contribution >= 0.6 is 0 Å². The van der Waals surface area contributed by atoms with Gasteiger partial charge < -0.3 is 15.1 Å². The average Bonchev–Trinajstić information content (AvgIpc) is 3.03. The van der Waals surface area contributed by atoms with Crippen LogP contribution in [0, 0.1) is 0 Å². The summed E-state index contributed by atoms with van der Waals surface area (Å²) in [5.74, 6) is 0.00542. The van der Waals surface area contributed by atoms with E-state index in [0.717, 1.165) is 45.3 Å². The number of carbonyl (C=O) groups is 2. The van der Waals surface area contributed by atoms with Crippen LogP contribution in [0.3, 0.4) is 0 Å². The van der Waals surface area contributed by atoms with Gasteiger partial charge in [0.15, 0.2) is 0 Å². The molecule has 1 aromatic carbocycles. The predicted molar refractivity (Wildman–Crippen MR) is 111 cm³/mol. The summed E-state index contributed by atoms with van der Waals surface area (Å²) >= 11 is 0. The molecule has 7 nitrogen and oxygen atoms in total. The van der Waals surface area contributed by atoms with Crippen molar-refractivity contribution in [2.24, 2.45) is 0 Å². The third-order valence-corrected chi connectivity index (χ3v) is 5.79. The molecule has 1 saturated heterocycles. The minimum atomic E-state index is -0.199. The topological polar surface area (TPSA) is 78.4 Å². The zero-order valence-electron chi connectivity index (χ0n) is 16.6. The van der Waals surface area contributed by atoms with Crippen molar-refractivity contribution >= 4 is 17.5 Å². The number of likely N-dealkylation sites (tertiary alicyclic amines) is 1. The van der Waals surface area contributed by atoms with E-state index in [1.54, 1.807) is 6.20 Å². The van der Waals surface area contributed by atoms with Gasteiger partial charge in [-0.25, -0.2) is 4.98 Å². The Morgan fingerprint density at radius 2 is 2.00 bits per heavy atom. The van der Waals surface area contributed by atoms with Gasteiger partial charge in [-0.1, -0.05) is 18.2 Å². The first kappa shape index (κ1) is 19.4. The highest BCUT2D eigenvalue weighted by molar-refractivity contribution is 5.92. The molecular formula is C22H27N5O2. The van der Waals surface area contributed by atoms with Crippen molar-refractivity contribution in [3.8, 4) is 0 Å². The molecule has 0 aliphatic carbocycles. The second-order valence-electron chi connectivity index (χ2n) is 7.69. The van der Waals surface area contributed by atoms with Crippen molar-refractivity contribution in [2.75, 3.05) is 31.1 Å². The fourth-order valence-corrected chi connectivity index (χ4v) is 4.19. The fourth-order valence-electron chi connectivity index (χ4n) is 4.19. The number of benzene rings is 1. The van der Waals surface area contributed by atoms with E-state index < -0.39 is 0 Å². The minimum Gasteiger partial charge on any atom is -0.370 e. The summed E-state index contributed by atoms with van der Waals surface area (Å²) in [4.78, 5) is 37.3. The molecule has 0 saturated carbocycles. The van der Waals surface area contributed by atoms with Crippen molar-refractivity contribution in [1.29, 1.82) is 0 Å². The lowest BCUT2D eigenvalue weighted by Gasteiger charge is -2.24. The monoisotopic (exact) mass is 393 g/mol. The van der Waals surface area contributed by atoms with Gasteiger partial charge in [-0.2, -0.15) is 0 Å². The van der Waals surface area contributed by atoms with Crippen molar-refractivity contribution < 1.29 is 9.59 Å². The largest absolute Gasteiger partial charge is 0.370 e. The summed E-state index contributed by atoms with van der Waals surface area (Å²) in [7, 11) is 0. The van der Waals surface area contributed by atoms with E-state index in [9.17, 15) is 9.59 Å². The summed E-state index contributed by atoms with van der Waals surface area (Å²) in [6.07, 6.45) is 8.65. The molecule has 0 spiro atoms. The number of rotatable bonds is 5. The molecule has 4 rings (SSSR count). The highest BCUT2D eigenvalue weighted by Crippen LogP contribution is 2.27. The lowest BCUT2D eigenvalue weighted by Crippen LogP contribution is -2.38. The third kappa shape index (κ3) is 4.72. The molecule has 2 aromatic rings. The maximum atomic E-state index is 12.8. The Hall–Kier alpha value is -2.96. The maximum absolute atomic E-state index is 12.8. The van der Waals surface area contributed by atoms with Crippen LogP contribution < -0.4 is 10.2 Å². The Morgan fingerprint density at radius 1 is 1.10 bits per heavy atom. The van der Waals surface area contributed by atoms with Crippen LogP contribution in [0.2, 0.25) is 0 Å². The molecule has 0 bridgehead atoms. The van der Waals surface area contributed by atoms with Gasteiger partial charge in [0.25, 0.3) is 5.91 Å². The van der Waals surface area contributed by atoms with Crippen molar-refractivity contribution in [3.05, 3.63) is 54.1 Å². The van der Waals surface area contributed by atoms with Crippen LogP contribution in [0.15, 0.2) is 42.9 Å². The number of hydrogen-bond donors (Lipinski definition) is 1. The number of para-hydroxylation sites is 1. The molecule has 2 amide bonds. The van der Waals surface area contributed by atoms with Crippen LogP contribution in [0.5, 0.6) is 0 Å². The number of anilines is 1. The van der Waals surface area contributed by atoms with Crippen LogP contribution in [-0.4, -0.2) is 58.9 Å². The van der Waals surface area contributed by atoms with E-state index in [2.05, 4.69) is 44.5 Å². The van der Waals surface area contributed by atoms with Gasteiger partial charge in [-0.15, -0.1) is 0 Å². The molecule has 2 aliphatic rings. The highest BCUT2D eigenvalue weighted by atomic mass is 16.2. The van der Waals surface area contributed by atoms with E-state index in [1.165, 1.54) is 23.6 Å². The van der Waals surface area contributed by atoms with Crippen LogP contribution in [0.25, 0.3) is 0 Å². The first-order chi connectivity index (χ1) is 14.2. The van der Waals surface area contributed by atoms with Gasteiger partial charge in [0.1, 0.15) is 5.69 Å². The van der Waals surface area contributed by atoms with Crippen molar-refractivity contribution in [3.63, 3.8) is 0 Å². The number of carbonyl (C=O) groups excluding carboxylic acids is 2. The first-order valence-corrected chi connectivity index (χ1v) is 10.4. The summed E-state index contributed by atoms with van der Waals surface area (Å²) in [5, 5.41) is 3.03. The molecule has 3 heterocycles. The van der Waals surface area contributed by atoms with Crippen LogP contribution in [0.1, 0.15) is 41.7 Å². The summed E-state index contributed by atoms with van der Waals surface area (Å²) in [5.41, 5.74) is 2.97. The zero-order valence-corrected chi connectivity index (χ0v) is 16.6. The molecule has 2 aliphatic heterocycles. The van der Waals surface area contributed by atoms with Gasteiger partial charge in [0.05, 0.1) is 6.20 Å². The Bertz CT molecular complexity index is 857. The molecule has 29 heavy (non-hydrogen) atoms. The van der Waals surface area contributed by atoms with Gasteiger partial charge >= 0.3 is 0 Å². The van der Waals surface area contributed by atoms with E-state index in [1.807, 2.05) is 4.90 Å². The summed E-state index contributed by atoms with van der Waals surface area (Å²) in [6, 6.07) is 8.51. The zero-order chi connectivity index (χ0) is 20.1. The molecular weight excluding hydrogens is 366 g/mol. The normalized spacial score (nSPS) is 18.8. The second-order valence-corrected chi connectivity index (χ2v) is 7.69. The Labute approximate surface area is 171 Å². The minimum absolute atomic E-state index is 0.0627.